The summed E-state index contributed by atoms with van der Waals surface area (Å²) in [6, 6.07) is 2.74. The molecule has 2 aromatic rings. The van der Waals surface area contributed by atoms with Gasteiger partial charge in [0.05, 0.1) is 11.9 Å². The molecular formula is C16H19FN4O. The molecule has 1 aliphatic heterocycles. The van der Waals surface area contributed by atoms with Crippen LogP contribution in [0.25, 0.3) is 0 Å². The van der Waals surface area contributed by atoms with Gasteiger partial charge in [0.25, 0.3) is 0 Å². The minimum atomic E-state index is -1.35. The predicted octanol–water partition coefficient (Wildman–Crippen LogP) is 2.26. The first-order chi connectivity index (χ1) is 10.6. The first kappa shape index (κ1) is 14.8. The van der Waals surface area contributed by atoms with Crippen LogP contribution in [-0.2, 0) is 5.60 Å². The van der Waals surface area contributed by atoms with E-state index in [9.17, 15) is 9.50 Å². The van der Waals surface area contributed by atoms with Crippen molar-refractivity contribution in [3.63, 3.8) is 0 Å². The monoisotopic (exact) mass is 302 g/mol. The van der Waals surface area contributed by atoms with E-state index in [4.69, 9.17) is 0 Å². The SMILES string of the molecule is C[C@@](O)(c1cnc(N2CCCCC2)nc1)c1ccc(F)cn1. The highest BCUT2D eigenvalue weighted by Crippen LogP contribution is 2.27. The lowest BCUT2D eigenvalue weighted by Gasteiger charge is -2.27. The smallest absolute Gasteiger partial charge is 0.225 e. The molecule has 1 atom stereocenters. The molecule has 0 amide bonds. The molecule has 3 heterocycles. The molecule has 3 rings (SSSR count). The van der Waals surface area contributed by atoms with Crippen LogP contribution < -0.4 is 4.90 Å². The maximum absolute atomic E-state index is 13.0. The molecule has 6 heteroatoms. The van der Waals surface area contributed by atoms with Crippen molar-refractivity contribution in [3.05, 3.63) is 47.8 Å². The molecule has 0 aliphatic carbocycles. The first-order valence-electron chi connectivity index (χ1n) is 7.49. The molecule has 0 bridgehead atoms. The lowest BCUT2D eigenvalue weighted by Crippen LogP contribution is -2.31. The van der Waals surface area contributed by atoms with Crippen molar-refractivity contribution in [2.24, 2.45) is 0 Å². The van der Waals surface area contributed by atoms with Crippen LogP contribution in [0.4, 0.5) is 10.3 Å². The molecule has 2 aromatic heterocycles. The van der Waals surface area contributed by atoms with Gasteiger partial charge in [0.1, 0.15) is 11.4 Å². The lowest BCUT2D eigenvalue weighted by atomic mass is 9.94. The highest BCUT2D eigenvalue weighted by Gasteiger charge is 2.28. The van der Waals surface area contributed by atoms with Crippen molar-refractivity contribution in [2.75, 3.05) is 18.0 Å². The second kappa shape index (κ2) is 5.96. The summed E-state index contributed by atoms with van der Waals surface area (Å²) in [5.74, 6) is 0.252. The van der Waals surface area contributed by atoms with E-state index in [-0.39, 0.29) is 0 Å². The molecule has 0 unspecified atom stereocenters. The first-order valence-corrected chi connectivity index (χ1v) is 7.49. The van der Waals surface area contributed by atoms with Gasteiger partial charge < -0.3 is 10.0 Å². The van der Waals surface area contributed by atoms with Gasteiger partial charge in [0.2, 0.25) is 5.95 Å². The number of aromatic nitrogens is 3. The maximum Gasteiger partial charge on any atom is 0.225 e. The normalized spacial score (nSPS) is 18.0. The van der Waals surface area contributed by atoms with Crippen LogP contribution >= 0.6 is 0 Å². The largest absolute Gasteiger partial charge is 0.379 e. The highest BCUT2D eigenvalue weighted by molar-refractivity contribution is 5.34. The Hall–Kier alpha value is -2.08. The van der Waals surface area contributed by atoms with E-state index in [0.717, 1.165) is 32.1 Å². The number of anilines is 1. The van der Waals surface area contributed by atoms with Crippen molar-refractivity contribution in [1.29, 1.82) is 0 Å². The van der Waals surface area contributed by atoms with Gasteiger partial charge in [-0.2, -0.15) is 0 Å². The molecule has 0 spiro atoms. The fraction of sp³-hybridized carbons (Fsp3) is 0.438. The van der Waals surface area contributed by atoms with Crippen LogP contribution in [0.1, 0.15) is 37.4 Å². The average Bonchev–Trinajstić information content (AvgIpc) is 2.56. The Balaban J connectivity index is 1.83. The Morgan fingerprint density at radius 2 is 1.73 bits per heavy atom. The maximum atomic E-state index is 13.0. The van der Waals surface area contributed by atoms with Gasteiger partial charge in [-0.15, -0.1) is 0 Å². The van der Waals surface area contributed by atoms with Gasteiger partial charge in [0, 0.05) is 31.0 Å². The topological polar surface area (TPSA) is 62.1 Å². The Bertz CT molecular complexity index is 622. The van der Waals surface area contributed by atoms with Crippen molar-refractivity contribution >= 4 is 5.95 Å². The quantitative estimate of drug-likeness (QED) is 0.942. The number of hydrogen-bond donors (Lipinski definition) is 1. The zero-order valence-electron chi connectivity index (χ0n) is 12.5. The van der Waals surface area contributed by atoms with Crippen molar-refractivity contribution in [3.8, 4) is 0 Å². The third kappa shape index (κ3) is 2.92. The fourth-order valence-corrected chi connectivity index (χ4v) is 2.64. The summed E-state index contributed by atoms with van der Waals surface area (Å²) in [6.07, 6.45) is 7.88. The van der Waals surface area contributed by atoms with Crippen LogP contribution in [-0.4, -0.2) is 33.1 Å². The standard InChI is InChI=1S/C16H19FN4O/c1-16(22,14-6-5-13(17)11-18-14)12-9-19-15(20-10-12)21-7-3-2-4-8-21/h5-6,9-11,22H,2-4,7-8H2,1H3/t16-/m1/s1. The minimum absolute atomic E-state index is 0.364. The van der Waals surface area contributed by atoms with Crippen molar-refractivity contribution in [1.82, 2.24) is 15.0 Å². The van der Waals surface area contributed by atoms with E-state index in [1.54, 1.807) is 19.3 Å². The molecular weight excluding hydrogens is 283 g/mol. The van der Waals surface area contributed by atoms with Gasteiger partial charge in [-0.3, -0.25) is 4.98 Å². The van der Waals surface area contributed by atoms with E-state index in [1.165, 1.54) is 18.6 Å². The number of halogens is 1. The van der Waals surface area contributed by atoms with Crippen LogP contribution in [0.5, 0.6) is 0 Å². The number of nitrogens with zero attached hydrogens (tertiary/aromatic N) is 4. The summed E-state index contributed by atoms with van der Waals surface area (Å²) in [7, 11) is 0. The van der Waals surface area contributed by atoms with Crippen LogP contribution in [0.15, 0.2) is 30.7 Å². The van der Waals surface area contributed by atoms with E-state index >= 15 is 0 Å². The summed E-state index contributed by atoms with van der Waals surface area (Å²) in [5.41, 5.74) is -0.454. The average molecular weight is 302 g/mol. The summed E-state index contributed by atoms with van der Waals surface area (Å²) < 4.78 is 13.0. The number of pyridine rings is 1. The molecule has 0 radical (unpaired) electrons. The van der Waals surface area contributed by atoms with E-state index in [1.807, 2.05) is 0 Å². The minimum Gasteiger partial charge on any atom is -0.379 e. The van der Waals surface area contributed by atoms with E-state index < -0.39 is 11.4 Å². The van der Waals surface area contributed by atoms with Crippen molar-refractivity contribution < 1.29 is 9.50 Å². The van der Waals surface area contributed by atoms with Crippen molar-refractivity contribution in [2.45, 2.75) is 31.8 Å². The number of hydrogen-bond acceptors (Lipinski definition) is 5. The Morgan fingerprint density at radius 3 is 2.32 bits per heavy atom. The molecule has 5 nitrogen and oxygen atoms in total. The Labute approximate surface area is 128 Å². The second-order valence-electron chi connectivity index (χ2n) is 5.75. The Morgan fingerprint density at radius 1 is 1.05 bits per heavy atom. The van der Waals surface area contributed by atoms with E-state index in [2.05, 4.69) is 19.9 Å². The van der Waals surface area contributed by atoms with Gasteiger partial charge in [0.15, 0.2) is 0 Å². The number of piperidine rings is 1. The molecule has 1 aliphatic rings. The number of rotatable bonds is 3. The summed E-state index contributed by atoms with van der Waals surface area (Å²) in [6.45, 7) is 3.54. The Kier molecular flexibility index (Phi) is 4.02. The zero-order chi connectivity index (χ0) is 15.6. The molecule has 0 saturated carbocycles. The molecule has 1 N–H and O–H groups in total. The summed E-state index contributed by atoms with van der Waals surface area (Å²) >= 11 is 0. The molecule has 116 valence electrons. The van der Waals surface area contributed by atoms with Crippen LogP contribution in [0, 0.1) is 5.82 Å². The van der Waals surface area contributed by atoms with Gasteiger partial charge in [-0.1, -0.05) is 0 Å². The fourth-order valence-electron chi connectivity index (χ4n) is 2.64. The third-order valence-corrected chi connectivity index (χ3v) is 4.07. The lowest BCUT2D eigenvalue weighted by molar-refractivity contribution is 0.0965. The van der Waals surface area contributed by atoms with Gasteiger partial charge in [-0.25, -0.2) is 14.4 Å². The highest BCUT2D eigenvalue weighted by atomic mass is 19.1. The predicted molar refractivity (Wildman–Crippen MR) is 81.0 cm³/mol. The summed E-state index contributed by atoms with van der Waals surface area (Å²) in [5, 5.41) is 10.7. The molecule has 1 fully saturated rings. The third-order valence-electron chi connectivity index (χ3n) is 4.07. The van der Waals surface area contributed by atoms with Crippen LogP contribution in [0.3, 0.4) is 0 Å². The van der Waals surface area contributed by atoms with Gasteiger partial charge >= 0.3 is 0 Å². The molecule has 0 aromatic carbocycles. The van der Waals surface area contributed by atoms with Crippen LogP contribution in [0.2, 0.25) is 0 Å². The molecule has 22 heavy (non-hydrogen) atoms. The molecule has 1 saturated heterocycles. The van der Waals surface area contributed by atoms with Gasteiger partial charge in [-0.05, 0) is 38.3 Å². The number of aliphatic hydroxyl groups is 1. The van der Waals surface area contributed by atoms with E-state index in [0.29, 0.717) is 17.2 Å². The second-order valence-corrected chi connectivity index (χ2v) is 5.75. The zero-order valence-corrected chi connectivity index (χ0v) is 12.5. The summed E-state index contributed by atoms with van der Waals surface area (Å²) in [4.78, 5) is 14.8.